The second-order valence-electron chi connectivity index (χ2n) is 0.238. The molecular weight excluding hydrogens is 225 g/mol. The Labute approximate surface area is 63.1 Å². The van der Waals surface area contributed by atoms with Gasteiger partial charge in [0.15, 0.2) is 0 Å². The summed E-state index contributed by atoms with van der Waals surface area (Å²) in [6.45, 7) is 0. The molecule has 0 aliphatic carbocycles. The zero-order chi connectivity index (χ0) is 3.58. The van der Waals surface area contributed by atoms with Crippen LogP contribution < -0.4 is 0 Å². The Morgan fingerprint density at radius 2 is 1.25 bits per heavy atom. The van der Waals surface area contributed by atoms with Gasteiger partial charge in [0.25, 0.3) is 5.09 Å². The summed E-state index contributed by atoms with van der Waals surface area (Å²) in [4.78, 5) is 8.36. The van der Waals surface area contributed by atoms with Crippen LogP contribution in [0.5, 0.6) is 0 Å². The molecule has 7 N–H and O–H groups in total. The van der Waals surface area contributed by atoms with Gasteiger partial charge < -0.3 is 21.6 Å². The topological polar surface area (TPSA) is 158 Å². The monoisotopic (exact) mass is 232 g/mol. The molecule has 0 amide bonds. The summed E-state index contributed by atoms with van der Waals surface area (Å²) in [6.07, 6.45) is 0. The predicted octanol–water partition coefficient (Wildman–Crippen LogP) is -3.20. The van der Waals surface area contributed by atoms with Gasteiger partial charge in [-0.15, -0.1) is 10.1 Å². The van der Waals surface area contributed by atoms with E-state index in [2.05, 4.69) is 0 Å². The second kappa shape index (κ2) is 28.3. The molecule has 3 radical (unpaired) electrons. The van der Waals surface area contributed by atoms with Crippen LogP contribution in [0.1, 0.15) is 0 Å². The van der Waals surface area contributed by atoms with Crippen LogP contribution in [0.2, 0.25) is 0 Å². The summed E-state index contributed by atoms with van der Waals surface area (Å²) in [5, 5.41) is 13.6. The van der Waals surface area contributed by atoms with Gasteiger partial charge in [-0.25, -0.2) is 0 Å². The van der Waals surface area contributed by atoms with Crippen molar-refractivity contribution in [3.63, 3.8) is 0 Å². The molecule has 7 nitrogen and oxygen atoms in total. The minimum Gasteiger partial charge on any atom is -0.412 e. The Bertz CT molecular complexity index is 31.5. The van der Waals surface area contributed by atoms with Gasteiger partial charge in [0, 0.05) is 25.8 Å². The molecule has 0 aliphatic heterocycles. The standard InChI is InChI=1S/In.HNO3.3H2O/c;2-1(3)4;;;/h;(H,2,3,4);3*1H2. The molecule has 0 atom stereocenters. The molecule has 0 spiro atoms. The predicted molar refractivity (Wildman–Crippen MR) is 25.4 cm³/mol. The van der Waals surface area contributed by atoms with Crippen molar-refractivity contribution in [1.29, 1.82) is 0 Å². The molecular formula is H7InNO6. The molecule has 0 aliphatic rings. The first-order chi connectivity index (χ1) is 1.73. The second-order valence-corrected chi connectivity index (χ2v) is 0.238. The van der Waals surface area contributed by atoms with E-state index in [9.17, 15) is 0 Å². The van der Waals surface area contributed by atoms with E-state index in [0.29, 0.717) is 0 Å². The number of hydrogen-bond acceptors (Lipinski definition) is 2. The van der Waals surface area contributed by atoms with Crippen LogP contribution in [0.3, 0.4) is 0 Å². The van der Waals surface area contributed by atoms with Crippen molar-refractivity contribution in [1.82, 2.24) is 0 Å². The Morgan fingerprint density at radius 3 is 1.25 bits per heavy atom. The SMILES string of the molecule is O.O.O.O=[N+]([O-])O.[In]. The number of rotatable bonds is 0. The third-order valence-corrected chi connectivity index (χ3v) is 0. The molecule has 0 heterocycles. The van der Waals surface area contributed by atoms with Crippen molar-refractivity contribution in [3.05, 3.63) is 10.1 Å². The van der Waals surface area contributed by atoms with Gasteiger partial charge in [-0.3, -0.25) is 0 Å². The fourth-order valence-electron chi connectivity index (χ4n) is 0. The molecule has 0 aromatic heterocycles. The average molecular weight is 232 g/mol. The molecule has 0 aromatic rings. The molecule has 51 valence electrons. The molecule has 0 aromatic carbocycles. The fourth-order valence-corrected chi connectivity index (χ4v) is 0. The van der Waals surface area contributed by atoms with Crippen LogP contribution in [0, 0.1) is 10.1 Å². The van der Waals surface area contributed by atoms with Gasteiger partial charge in [0.05, 0.1) is 0 Å². The van der Waals surface area contributed by atoms with E-state index in [0.717, 1.165) is 0 Å². The van der Waals surface area contributed by atoms with E-state index in [1.807, 2.05) is 0 Å². The van der Waals surface area contributed by atoms with Gasteiger partial charge in [-0.2, -0.15) is 0 Å². The zero-order valence-corrected chi connectivity index (χ0v) is 7.08. The van der Waals surface area contributed by atoms with Crippen LogP contribution in [-0.2, 0) is 0 Å². The molecule has 0 saturated carbocycles. The summed E-state index contributed by atoms with van der Waals surface area (Å²) in [5.41, 5.74) is 0. The molecule has 8 heteroatoms. The quantitative estimate of drug-likeness (QED) is 0.344. The minimum absolute atomic E-state index is 0. The van der Waals surface area contributed by atoms with E-state index >= 15 is 0 Å². The van der Waals surface area contributed by atoms with Gasteiger partial charge >= 0.3 is 0 Å². The summed E-state index contributed by atoms with van der Waals surface area (Å²) in [6, 6.07) is 0. The summed E-state index contributed by atoms with van der Waals surface area (Å²) >= 11 is 0. The smallest absolute Gasteiger partial charge is 0.291 e. The first-order valence-electron chi connectivity index (χ1n) is 0.565. The first kappa shape index (κ1) is 44.1. The van der Waals surface area contributed by atoms with E-state index in [-0.39, 0.29) is 42.3 Å². The normalized spacial score (nSPS) is 3.00. The minimum atomic E-state index is -1.50. The third-order valence-electron chi connectivity index (χ3n) is 0. The first-order valence-corrected chi connectivity index (χ1v) is 0.565. The fraction of sp³-hybridized carbons (Fsp3) is 0. The van der Waals surface area contributed by atoms with Crippen molar-refractivity contribution in [2.45, 2.75) is 0 Å². The maximum absolute atomic E-state index is 8.36. The van der Waals surface area contributed by atoms with Gasteiger partial charge in [-0.1, -0.05) is 0 Å². The largest absolute Gasteiger partial charge is 0.412 e. The Kier molecular flexibility index (Phi) is 156. The number of nitrogens with zero attached hydrogens (tertiary/aromatic N) is 1. The third kappa shape index (κ3) is 58600. The van der Waals surface area contributed by atoms with Crippen LogP contribution >= 0.6 is 0 Å². The maximum atomic E-state index is 8.36. The molecule has 0 bridgehead atoms. The summed E-state index contributed by atoms with van der Waals surface area (Å²) in [7, 11) is 0. The van der Waals surface area contributed by atoms with Gasteiger partial charge in [0.2, 0.25) is 0 Å². The summed E-state index contributed by atoms with van der Waals surface area (Å²) < 4.78 is 0. The van der Waals surface area contributed by atoms with Crippen molar-refractivity contribution in [2.24, 2.45) is 0 Å². The molecule has 0 fully saturated rings. The van der Waals surface area contributed by atoms with Crippen LogP contribution in [-0.4, -0.2) is 52.6 Å². The van der Waals surface area contributed by atoms with Crippen LogP contribution in [0.25, 0.3) is 0 Å². The maximum Gasteiger partial charge on any atom is 0.291 e. The molecule has 0 unspecified atom stereocenters. The number of hydrogen-bond donors (Lipinski definition) is 1. The van der Waals surface area contributed by atoms with Crippen LogP contribution in [0.4, 0.5) is 0 Å². The van der Waals surface area contributed by atoms with Gasteiger partial charge in [0.1, 0.15) is 0 Å². The van der Waals surface area contributed by atoms with Gasteiger partial charge in [-0.05, 0) is 0 Å². The Morgan fingerprint density at radius 1 is 1.25 bits per heavy atom. The Hall–Kier alpha value is -0.0499. The zero-order valence-electron chi connectivity index (χ0n) is 3.79. The average Bonchev–Trinajstić information content (AvgIpc) is 0.811. The Balaban J connectivity index is -0.00000000750. The van der Waals surface area contributed by atoms with E-state index in [1.165, 1.54) is 0 Å². The van der Waals surface area contributed by atoms with E-state index in [1.54, 1.807) is 0 Å². The molecule has 0 saturated heterocycles. The van der Waals surface area contributed by atoms with Crippen molar-refractivity contribution < 1.29 is 26.7 Å². The van der Waals surface area contributed by atoms with Crippen molar-refractivity contribution in [2.75, 3.05) is 0 Å². The van der Waals surface area contributed by atoms with Crippen LogP contribution in [0.15, 0.2) is 0 Å². The van der Waals surface area contributed by atoms with E-state index < -0.39 is 5.09 Å². The van der Waals surface area contributed by atoms with E-state index in [4.69, 9.17) is 15.3 Å². The van der Waals surface area contributed by atoms with Crippen molar-refractivity contribution >= 4 is 25.8 Å². The summed E-state index contributed by atoms with van der Waals surface area (Å²) in [5.74, 6) is 0. The van der Waals surface area contributed by atoms with Crippen molar-refractivity contribution in [3.8, 4) is 0 Å². The molecule has 8 heavy (non-hydrogen) atoms. The molecule has 0 rings (SSSR count).